The van der Waals surface area contributed by atoms with Crippen LogP contribution < -0.4 is 4.90 Å². The Kier molecular flexibility index (Phi) is 10.1. The second kappa shape index (κ2) is 14.9. The summed E-state index contributed by atoms with van der Waals surface area (Å²) < 4.78 is 15.1. The van der Waals surface area contributed by atoms with Crippen LogP contribution in [0.15, 0.2) is 79.4 Å². The highest BCUT2D eigenvalue weighted by Gasteiger charge is 2.50. The van der Waals surface area contributed by atoms with Crippen LogP contribution in [-0.4, -0.2) is 135 Å². The van der Waals surface area contributed by atoms with Gasteiger partial charge in [0.2, 0.25) is 11.8 Å². The van der Waals surface area contributed by atoms with E-state index in [0.717, 1.165) is 69.0 Å². The number of halogens is 1. The lowest BCUT2D eigenvalue weighted by atomic mass is 9.98. The number of anilines is 1. The molecule has 5 heterocycles. The van der Waals surface area contributed by atoms with Gasteiger partial charge < -0.3 is 24.7 Å². The molecule has 4 aliphatic heterocycles. The molecule has 264 valence electrons. The molecule has 4 aliphatic rings. The van der Waals surface area contributed by atoms with Crippen LogP contribution in [0.1, 0.15) is 23.7 Å². The van der Waals surface area contributed by atoms with Gasteiger partial charge in [0.25, 0.3) is 0 Å². The van der Waals surface area contributed by atoms with Crippen molar-refractivity contribution in [3.63, 3.8) is 0 Å². The third-order valence-corrected chi connectivity index (χ3v) is 10.6. The van der Waals surface area contributed by atoms with Crippen molar-refractivity contribution in [2.75, 3.05) is 70.3 Å². The number of hydrazine groups is 1. The fraction of sp³-hybridized carbons (Fsp3) is 0.447. The van der Waals surface area contributed by atoms with E-state index in [2.05, 4.69) is 33.2 Å². The van der Waals surface area contributed by atoms with Crippen molar-refractivity contribution in [1.82, 2.24) is 34.6 Å². The normalized spacial score (nSPS) is 22.9. The maximum absolute atomic E-state index is 15.1. The molecule has 7 rings (SSSR count). The molecule has 0 saturated carbocycles. The Bertz CT molecular complexity index is 1680. The van der Waals surface area contributed by atoms with Gasteiger partial charge in [-0.2, -0.15) is 0 Å². The van der Waals surface area contributed by atoms with Crippen molar-refractivity contribution in [3.05, 3.63) is 102 Å². The number of piperazine rings is 2. The topological polar surface area (TPSA) is 89.9 Å². The largest absolute Gasteiger partial charge is 0.508 e. The predicted molar refractivity (Wildman–Crippen MR) is 189 cm³/mol. The third kappa shape index (κ3) is 7.11. The number of aromatic hydroxyl groups is 1. The molecule has 2 amide bonds. The molecule has 0 spiro atoms. The van der Waals surface area contributed by atoms with Gasteiger partial charge in [0.05, 0.1) is 25.3 Å². The number of benzene rings is 2. The second-order valence-corrected chi connectivity index (χ2v) is 13.7. The first-order valence-electron chi connectivity index (χ1n) is 17.7. The summed E-state index contributed by atoms with van der Waals surface area (Å²) >= 11 is 0. The minimum Gasteiger partial charge on any atom is -0.508 e. The summed E-state index contributed by atoms with van der Waals surface area (Å²) in [6.07, 6.45) is 1.27. The van der Waals surface area contributed by atoms with E-state index in [1.807, 2.05) is 53.5 Å². The number of carbonyl (C=O) groups excluding carboxylic acids is 2. The minimum absolute atomic E-state index is 0.0144. The first-order valence-corrected chi connectivity index (χ1v) is 17.7. The first kappa shape index (κ1) is 34.1. The van der Waals surface area contributed by atoms with E-state index in [1.54, 1.807) is 15.9 Å². The zero-order valence-electron chi connectivity index (χ0n) is 28.8. The smallest absolute Gasteiger partial charge is 0.246 e. The van der Waals surface area contributed by atoms with Crippen LogP contribution in [0.3, 0.4) is 0 Å². The van der Waals surface area contributed by atoms with Crippen molar-refractivity contribution in [3.8, 4) is 5.75 Å². The summed E-state index contributed by atoms with van der Waals surface area (Å²) in [6.45, 7) is 15.1. The van der Waals surface area contributed by atoms with Crippen LogP contribution in [0.25, 0.3) is 0 Å². The van der Waals surface area contributed by atoms with E-state index in [0.29, 0.717) is 19.1 Å². The molecule has 2 atom stereocenters. The van der Waals surface area contributed by atoms with E-state index in [9.17, 15) is 14.7 Å². The van der Waals surface area contributed by atoms with Gasteiger partial charge in [-0.1, -0.05) is 55.5 Å². The van der Waals surface area contributed by atoms with Crippen LogP contribution in [0.4, 0.5) is 10.2 Å². The highest BCUT2D eigenvalue weighted by Crippen LogP contribution is 2.31. The SMILES string of the molecule is C=CCN1CC(=O)N2[C@@H](Cc3ccc(O)cc3F)C(=O)N(Cc3cccc(N4CC(N5CCN(CC)CC5)C4)n3)C[C@@H]2N1Cc1ccccc1. The molecule has 3 aromatic rings. The van der Waals surface area contributed by atoms with Crippen LogP contribution in [0.2, 0.25) is 0 Å². The summed E-state index contributed by atoms with van der Waals surface area (Å²) in [6, 6.07) is 19.5. The number of nitrogens with zero attached hydrogens (tertiary/aromatic N) is 8. The molecule has 0 bridgehead atoms. The summed E-state index contributed by atoms with van der Waals surface area (Å²) in [4.78, 5) is 44.1. The van der Waals surface area contributed by atoms with Crippen LogP contribution in [0, 0.1) is 5.82 Å². The zero-order valence-corrected chi connectivity index (χ0v) is 28.8. The number of rotatable bonds is 11. The van der Waals surface area contributed by atoms with Crippen molar-refractivity contribution >= 4 is 17.6 Å². The molecule has 11 nitrogen and oxygen atoms in total. The van der Waals surface area contributed by atoms with Crippen LogP contribution in [-0.2, 0) is 29.1 Å². The lowest BCUT2D eigenvalue weighted by molar-refractivity contribution is -0.204. The van der Waals surface area contributed by atoms with Gasteiger partial charge in [-0.05, 0) is 35.9 Å². The fourth-order valence-electron chi connectivity index (χ4n) is 7.78. The molecule has 4 fully saturated rings. The van der Waals surface area contributed by atoms with E-state index in [1.165, 1.54) is 12.1 Å². The predicted octanol–water partition coefficient (Wildman–Crippen LogP) is 2.78. The van der Waals surface area contributed by atoms with E-state index < -0.39 is 18.0 Å². The maximum Gasteiger partial charge on any atom is 0.246 e. The quantitative estimate of drug-likeness (QED) is 0.307. The first-order chi connectivity index (χ1) is 24.3. The Hall–Kier alpha value is -4.36. The van der Waals surface area contributed by atoms with Crippen LogP contribution >= 0.6 is 0 Å². The second-order valence-electron chi connectivity index (χ2n) is 13.7. The van der Waals surface area contributed by atoms with Gasteiger partial charge in [-0.3, -0.25) is 14.5 Å². The minimum atomic E-state index is -0.933. The van der Waals surface area contributed by atoms with Crippen molar-refractivity contribution in [1.29, 1.82) is 0 Å². The molecular formula is C38H47FN8O3. The lowest BCUT2D eigenvalue weighted by Crippen LogP contribution is -2.74. The van der Waals surface area contributed by atoms with Gasteiger partial charge >= 0.3 is 0 Å². The van der Waals surface area contributed by atoms with Crippen molar-refractivity contribution < 1.29 is 19.1 Å². The Morgan fingerprint density at radius 1 is 0.960 bits per heavy atom. The van der Waals surface area contributed by atoms with Crippen molar-refractivity contribution in [2.45, 2.75) is 44.7 Å². The molecule has 1 N–H and O–H groups in total. The standard InChI is InChI=1S/C38H47FN8O3/c1-3-15-45-27-37(49)47-34(20-29-13-14-32(48)21-33(29)39)38(50)44(26-36(47)46(45)22-28-9-6-5-7-10-28)23-30-11-8-12-35(40-30)43-24-31(25-43)42-18-16-41(4-2)17-19-42/h3,5-14,21,31,34,36,48H,1,4,15-20,22-27H2,2H3/t34-,36+/m0/s1. The molecular weight excluding hydrogens is 635 g/mol. The van der Waals surface area contributed by atoms with E-state index in [4.69, 9.17) is 4.98 Å². The summed E-state index contributed by atoms with van der Waals surface area (Å²) in [5, 5.41) is 14.0. The zero-order chi connectivity index (χ0) is 34.8. The lowest BCUT2D eigenvalue weighted by Gasteiger charge is -2.55. The maximum atomic E-state index is 15.1. The van der Waals surface area contributed by atoms with E-state index >= 15 is 4.39 Å². The number of amides is 2. The molecule has 0 aliphatic carbocycles. The molecule has 0 radical (unpaired) electrons. The summed E-state index contributed by atoms with van der Waals surface area (Å²) in [7, 11) is 0. The monoisotopic (exact) mass is 682 g/mol. The van der Waals surface area contributed by atoms with Gasteiger partial charge in [-0.15, -0.1) is 6.58 Å². The Morgan fingerprint density at radius 3 is 2.46 bits per heavy atom. The number of carbonyl (C=O) groups is 2. The number of aromatic nitrogens is 1. The molecule has 50 heavy (non-hydrogen) atoms. The molecule has 2 aromatic carbocycles. The number of hydrogen-bond donors (Lipinski definition) is 1. The molecule has 4 saturated heterocycles. The number of pyridine rings is 1. The molecule has 1 aromatic heterocycles. The number of phenols is 1. The average molecular weight is 683 g/mol. The molecule has 12 heteroatoms. The Balaban J connectivity index is 1.14. The number of phenolic OH excluding ortho intramolecular Hbond substituents is 1. The van der Waals surface area contributed by atoms with Crippen LogP contribution in [0.5, 0.6) is 5.75 Å². The van der Waals surface area contributed by atoms with Gasteiger partial charge in [0.1, 0.15) is 29.6 Å². The number of hydrogen-bond acceptors (Lipinski definition) is 9. The highest BCUT2D eigenvalue weighted by molar-refractivity contribution is 5.90. The summed E-state index contributed by atoms with van der Waals surface area (Å²) in [5.74, 6) is -0.346. The Labute approximate surface area is 293 Å². The number of fused-ring (bicyclic) bond motifs is 1. The van der Waals surface area contributed by atoms with Gasteiger partial charge in [0.15, 0.2) is 0 Å². The number of likely N-dealkylation sites (N-methyl/N-ethyl adjacent to an activating group) is 1. The third-order valence-electron chi connectivity index (χ3n) is 10.6. The van der Waals surface area contributed by atoms with Gasteiger partial charge in [0, 0.05) is 70.9 Å². The summed E-state index contributed by atoms with van der Waals surface area (Å²) in [5.41, 5.74) is 2.09. The van der Waals surface area contributed by atoms with Crippen molar-refractivity contribution in [2.24, 2.45) is 0 Å². The fourth-order valence-corrected chi connectivity index (χ4v) is 7.78. The molecule has 0 unspecified atom stereocenters. The van der Waals surface area contributed by atoms with E-state index in [-0.39, 0.29) is 49.2 Å². The Morgan fingerprint density at radius 2 is 1.74 bits per heavy atom. The van der Waals surface area contributed by atoms with Gasteiger partial charge in [-0.25, -0.2) is 19.4 Å². The average Bonchev–Trinajstić information content (AvgIpc) is 3.09. The highest BCUT2D eigenvalue weighted by atomic mass is 19.1.